The van der Waals surface area contributed by atoms with Crippen molar-refractivity contribution in [3.05, 3.63) is 27.7 Å². The first-order valence-electron chi connectivity index (χ1n) is 5.98. The van der Waals surface area contributed by atoms with Crippen LogP contribution in [0.15, 0.2) is 22.7 Å². The van der Waals surface area contributed by atoms with Crippen molar-refractivity contribution in [2.45, 2.75) is 19.3 Å². The lowest BCUT2D eigenvalue weighted by Gasteiger charge is -2.20. The number of hydrogen-bond donors (Lipinski definition) is 1. The van der Waals surface area contributed by atoms with Gasteiger partial charge in [-0.15, -0.1) is 0 Å². The molecule has 1 aliphatic rings. The van der Waals surface area contributed by atoms with Crippen LogP contribution in [0.25, 0.3) is 0 Å². The zero-order valence-corrected chi connectivity index (χ0v) is 13.1. The van der Waals surface area contributed by atoms with Gasteiger partial charge in [-0.3, -0.25) is 4.79 Å². The molecule has 18 heavy (non-hydrogen) atoms. The summed E-state index contributed by atoms with van der Waals surface area (Å²) in [5.74, 6) is 3.01. The van der Waals surface area contributed by atoms with Crippen molar-refractivity contribution in [1.82, 2.24) is 0 Å². The Morgan fingerprint density at radius 3 is 2.83 bits per heavy atom. The van der Waals surface area contributed by atoms with Crippen LogP contribution in [-0.2, 0) is 4.79 Å². The molecule has 1 saturated heterocycles. The molecule has 5 heteroatoms. The minimum Gasteiger partial charge on any atom is -0.326 e. The lowest BCUT2D eigenvalue weighted by molar-refractivity contribution is -0.117. The highest BCUT2D eigenvalue weighted by Crippen LogP contribution is 2.27. The fourth-order valence-corrected chi connectivity index (χ4v) is 3.70. The summed E-state index contributed by atoms with van der Waals surface area (Å²) in [7, 11) is 0. The molecule has 0 bridgehead atoms. The van der Waals surface area contributed by atoms with E-state index in [4.69, 9.17) is 11.6 Å². The Kier molecular flexibility index (Phi) is 5.39. The maximum absolute atomic E-state index is 11.9. The minimum atomic E-state index is 0.0983. The van der Waals surface area contributed by atoms with Gasteiger partial charge in [0.2, 0.25) is 5.91 Å². The number of rotatable bonds is 3. The van der Waals surface area contributed by atoms with Crippen LogP contribution < -0.4 is 5.32 Å². The SMILES string of the molecule is O=C(CC1CCSCC1)Nc1ccc(Cl)c(Br)c1. The normalized spacial score (nSPS) is 16.6. The summed E-state index contributed by atoms with van der Waals surface area (Å²) in [5.41, 5.74) is 0.793. The van der Waals surface area contributed by atoms with Crippen molar-refractivity contribution < 1.29 is 4.79 Å². The number of carbonyl (C=O) groups excluding carboxylic acids is 1. The number of carbonyl (C=O) groups is 1. The molecule has 0 unspecified atom stereocenters. The number of thioether (sulfide) groups is 1. The van der Waals surface area contributed by atoms with Gasteiger partial charge in [0, 0.05) is 16.6 Å². The first kappa shape index (κ1) is 14.2. The number of halogens is 2. The van der Waals surface area contributed by atoms with E-state index >= 15 is 0 Å². The molecule has 0 aliphatic carbocycles. The van der Waals surface area contributed by atoms with Crippen molar-refractivity contribution in [2.24, 2.45) is 5.92 Å². The Morgan fingerprint density at radius 2 is 2.17 bits per heavy atom. The molecule has 1 aliphatic heterocycles. The summed E-state index contributed by atoms with van der Waals surface area (Å²) in [6, 6.07) is 5.43. The monoisotopic (exact) mass is 347 g/mol. The molecule has 0 radical (unpaired) electrons. The summed E-state index contributed by atoms with van der Waals surface area (Å²) in [4.78, 5) is 11.9. The minimum absolute atomic E-state index is 0.0983. The summed E-state index contributed by atoms with van der Waals surface area (Å²) in [5, 5.41) is 3.57. The Morgan fingerprint density at radius 1 is 1.44 bits per heavy atom. The van der Waals surface area contributed by atoms with E-state index in [1.807, 2.05) is 23.9 Å². The lowest BCUT2D eigenvalue weighted by atomic mass is 9.98. The predicted molar refractivity (Wildman–Crippen MR) is 82.4 cm³/mol. The topological polar surface area (TPSA) is 29.1 Å². The Labute approximate surface area is 125 Å². The smallest absolute Gasteiger partial charge is 0.224 e. The van der Waals surface area contributed by atoms with E-state index in [1.165, 1.54) is 11.5 Å². The van der Waals surface area contributed by atoms with Crippen molar-refractivity contribution in [3.8, 4) is 0 Å². The van der Waals surface area contributed by atoms with Gasteiger partial charge in [0.25, 0.3) is 0 Å². The molecule has 0 atom stereocenters. The quantitative estimate of drug-likeness (QED) is 0.866. The fraction of sp³-hybridized carbons (Fsp3) is 0.462. The second-order valence-corrected chi connectivity index (χ2v) is 6.92. The highest BCUT2D eigenvalue weighted by Gasteiger charge is 2.17. The summed E-state index contributed by atoms with van der Waals surface area (Å²) in [6.45, 7) is 0. The largest absolute Gasteiger partial charge is 0.326 e. The highest BCUT2D eigenvalue weighted by molar-refractivity contribution is 9.10. The van der Waals surface area contributed by atoms with Crippen molar-refractivity contribution >= 4 is 50.9 Å². The molecule has 1 heterocycles. The average Bonchev–Trinajstić information content (AvgIpc) is 2.35. The standard InChI is InChI=1S/C13H15BrClNOS/c14-11-8-10(1-2-12(11)15)16-13(17)7-9-3-5-18-6-4-9/h1-2,8-9H,3-7H2,(H,16,17). The fourth-order valence-electron chi connectivity index (χ4n) is 2.00. The second-order valence-electron chi connectivity index (χ2n) is 4.44. The van der Waals surface area contributed by atoms with Crippen LogP contribution in [0.2, 0.25) is 5.02 Å². The van der Waals surface area contributed by atoms with E-state index in [-0.39, 0.29) is 5.91 Å². The van der Waals surface area contributed by atoms with Crippen LogP contribution in [0.5, 0.6) is 0 Å². The Bertz CT molecular complexity index is 435. The average molecular weight is 349 g/mol. The highest BCUT2D eigenvalue weighted by atomic mass is 79.9. The van der Waals surface area contributed by atoms with Crippen LogP contribution in [0, 0.1) is 5.92 Å². The first-order valence-corrected chi connectivity index (χ1v) is 8.30. The van der Waals surface area contributed by atoms with Gasteiger partial charge in [-0.25, -0.2) is 0 Å². The molecule has 1 amide bonds. The van der Waals surface area contributed by atoms with Crippen LogP contribution >= 0.6 is 39.3 Å². The number of amides is 1. The van der Waals surface area contributed by atoms with Gasteiger partial charge in [0.1, 0.15) is 0 Å². The van der Waals surface area contributed by atoms with E-state index in [1.54, 1.807) is 6.07 Å². The van der Waals surface area contributed by atoms with Gasteiger partial charge in [-0.1, -0.05) is 11.6 Å². The molecule has 1 fully saturated rings. The zero-order chi connectivity index (χ0) is 13.0. The Balaban J connectivity index is 1.88. The van der Waals surface area contributed by atoms with Crippen LogP contribution in [-0.4, -0.2) is 17.4 Å². The molecule has 2 nitrogen and oxygen atoms in total. The third-order valence-corrected chi connectivity index (χ3v) is 5.28. The van der Waals surface area contributed by atoms with Crippen LogP contribution in [0.4, 0.5) is 5.69 Å². The molecular weight excluding hydrogens is 334 g/mol. The molecule has 98 valence electrons. The maximum Gasteiger partial charge on any atom is 0.224 e. The number of nitrogens with one attached hydrogen (secondary N) is 1. The van der Waals surface area contributed by atoms with Gasteiger partial charge in [0.05, 0.1) is 5.02 Å². The van der Waals surface area contributed by atoms with E-state index in [9.17, 15) is 4.79 Å². The molecule has 0 spiro atoms. The van der Waals surface area contributed by atoms with Gasteiger partial charge in [-0.2, -0.15) is 11.8 Å². The third kappa shape index (κ3) is 4.18. The van der Waals surface area contributed by atoms with Crippen molar-refractivity contribution in [2.75, 3.05) is 16.8 Å². The van der Waals surface area contributed by atoms with Crippen molar-refractivity contribution in [3.63, 3.8) is 0 Å². The molecule has 1 N–H and O–H groups in total. The van der Waals surface area contributed by atoms with Gasteiger partial charge < -0.3 is 5.32 Å². The van der Waals surface area contributed by atoms with Gasteiger partial charge >= 0.3 is 0 Å². The molecule has 1 aromatic rings. The number of hydrogen-bond acceptors (Lipinski definition) is 2. The first-order chi connectivity index (χ1) is 8.65. The lowest BCUT2D eigenvalue weighted by Crippen LogP contribution is -2.19. The molecule has 2 rings (SSSR count). The van der Waals surface area contributed by atoms with Crippen LogP contribution in [0.1, 0.15) is 19.3 Å². The number of anilines is 1. The van der Waals surface area contributed by atoms with E-state index in [2.05, 4.69) is 21.2 Å². The predicted octanol–water partition coefficient (Wildman–Crippen LogP) is 4.57. The van der Waals surface area contributed by atoms with Crippen LogP contribution in [0.3, 0.4) is 0 Å². The van der Waals surface area contributed by atoms with E-state index in [0.717, 1.165) is 23.0 Å². The molecule has 1 aromatic carbocycles. The zero-order valence-electron chi connectivity index (χ0n) is 9.92. The van der Waals surface area contributed by atoms with Crippen molar-refractivity contribution in [1.29, 1.82) is 0 Å². The van der Waals surface area contributed by atoms with Gasteiger partial charge in [-0.05, 0) is 64.4 Å². The van der Waals surface area contributed by atoms with E-state index < -0.39 is 0 Å². The Hall–Kier alpha value is -0.190. The molecule has 0 saturated carbocycles. The molecular formula is C13H15BrClNOS. The summed E-state index contributed by atoms with van der Waals surface area (Å²) in [6.07, 6.45) is 2.94. The third-order valence-electron chi connectivity index (χ3n) is 3.02. The second kappa shape index (κ2) is 6.83. The van der Waals surface area contributed by atoms with E-state index in [0.29, 0.717) is 17.4 Å². The summed E-state index contributed by atoms with van der Waals surface area (Å²) >= 11 is 11.2. The molecule has 0 aromatic heterocycles. The number of benzene rings is 1. The van der Waals surface area contributed by atoms with Gasteiger partial charge in [0.15, 0.2) is 0 Å². The summed E-state index contributed by atoms with van der Waals surface area (Å²) < 4.78 is 0.802. The maximum atomic E-state index is 11.9.